The van der Waals surface area contributed by atoms with Crippen molar-refractivity contribution in [2.24, 2.45) is 15.7 Å². The van der Waals surface area contributed by atoms with Crippen molar-refractivity contribution in [3.05, 3.63) is 30.1 Å². The molecule has 0 saturated heterocycles. The molecule has 1 aliphatic heterocycles. The number of guanidine groups is 1. The molecule has 0 radical (unpaired) electrons. The Morgan fingerprint density at radius 2 is 2.00 bits per heavy atom. The smallest absolute Gasteiger partial charge is 0.317 e. The number of hydrogen-bond donors (Lipinski definition) is 3. The first-order valence-electron chi connectivity index (χ1n) is 5.28. The fourth-order valence-corrected chi connectivity index (χ4v) is 1.45. The van der Waals surface area contributed by atoms with E-state index in [1.54, 1.807) is 12.1 Å². The molecule has 0 fully saturated rings. The predicted molar refractivity (Wildman–Crippen MR) is 63.2 cm³/mol. The van der Waals surface area contributed by atoms with Crippen LogP contribution in [0.25, 0.3) is 0 Å². The van der Waals surface area contributed by atoms with Gasteiger partial charge in [-0.25, -0.2) is 9.98 Å². The molecule has 1 atom stereocenters. The Labute approximate surface area is 106 Å². The number of rotatable bonds is 2. The van der Waals surface area contributed by atoms with E-state index in [1.165, 1.54) is 18.7 Å². The van der Waals surface area contributed by atoms with Crippen LogP contribution < -0.4 is 16.4 Å². The summed E-state index contributed by atoms with van der Waals surface area (Å²) in [5.41, 5.74) is 6.53. The monoisotopic (exact) mass is 272 g/mol. The molecule has 0 aliphatic carbocycles. The maximum atomic E-state index is 12.1. The lowest BCUT2D eigenvalue weighted by Crippen LogP contribution is -2.59. The second kappa shape index (κ2) is 4.84. The molecule has 1 aromatic rings. The van der Waals surface area contributed by atoms with Crippen molar-refractivity contribution >= 4 is 12.3 Å². The van der Waals surface area contributed by atoms with Crippen LogP contribution in [0.15, 0.2) is 34.5 Å². The number of pyridine rings is 1. The molecule has 9 heteroatoms. The van der Waals surface area contributed by atoms with Crippen LogP contribution in [0.4, 0.5) is 13.2 Å². The summed E-state index contributed by atoms with van der Waals surface area (Å²) in [5, 5.41) is 5.08. The molecule has 0 bridgehead atoms. The van der Waals surface area contributed by atoms with Gasteiger partial charge in [0, 0.05) is 18.0 Å². The van der Waals surface area contributed by atoms with Crippen LogP contribution in [-0.4, -0.2) is 30.0 Å². The first-order valence-corrected chi connectivity index (χ1v) is 5.28. The third-order valence-electron chi connectivity index (χ3n) is 2.32. The van der Waals surface area contributed by atoms with E-state index in [4.69, 9.17) is 5.73 Å². The summed E-state index contributed by atoms with van der Waals surface area (Å²) >= 11 is 0. The average molecular weight is 272 g/mol. The summed E-state index contributed by atoms with van der Waals surface area (Å²) in [6.07, 6.45) is -0.156. The molecule has 102 valence electrons. The molecule has 2 rings (SSSR count). The minimum absolute atomic E-state index is 0.0911. The summed E-state index contributed by atoms with van der Waals surface area (Å²) in [6.45, 7) is -1.30. The van der Waals surface area contributed by atoms with Gasteiger partial charge < -0.3 is 10.6 Å². The van der Waals surface area contributed by atoms with Crippen LogP contribution in [0.2, 0.25) is 0 Å². The maximum absolute atomic E-state index is 12.1. The summed E-state index contributed by atoms with van der Waals surface area (Å²) in [7, 11) is 0. The molecule has 0 amide bonds. The second-order valence-electron chi connectivity index (χ2n) is 3.81. The Hall–Kier alpha value is -2.16. The van der Waals surface area contributed by atoms with Crippen molar-refractivity contribution in [1.82, 2.24) is 15.6 Å². The number of nitrogens with zero attached hydrogens (tertiary/aromatic N) is 3. The lowest BCUT2D eigenvalue weighted by atomic mass is 10.1. The van der Waals surface area contributed by atoms with Crippen molar-refractivity contribution in [2.75, 3.05) is 6.54 Å². The van der Waals surface area contributed by atoms with Crippen molar-refractivity contribution in [1.29, 1.82) is 0 Å². The number of nitrogens with two attached hydrogens (primary N) is 1. The second-order valence-corrected chi connectivity index (χ2v) is 3.81. The molecule has 0 aromatic carbocycles. The number of alkyl halides is 3. The Balaban J connectivity index is 2.18. The molecule has 0 spiro atoms. The minimum Gasteiger partial charge on any atom is -0.317 e. The van der Waals surface area contributed by atoms with E-state index in [9.17, 15) is 13.2 Å². The molecule has 19 heavy (non-hydrogen) atoms. The summed E-state index contributed by atoms with van der Waals surface area (Å²) in [5.74, 6) is -1.45. The number of halogens is 3. The van der Waals surface area contributed by atoms with Gasteiger partial charge in [0.25, 0.3) is 0 Å². The molecule has 1 unspecified atom stereocenters. The van der Waals surface area contributed by atoms with E-state index in [1.807, 2.05) is 0 Å². The van der Waals surface area contributed by atoms with E-state index in [0.29, 0.717) is 5.56 Å². The van der Waals surface area contributed by atoms with Crippen LogP contribution in [0.5, 0.6) is 0 Å². The lowest BCUT2D eigenvalue weighted by Gasteiger charge is -2.31. The van der Waals surface area contributed by atoms with Gasteiger partial charge in [-0.15, -0.1) is 0 Å². The van der Waals surface area contributed by atoms with Gasteiger partial charge in [0.05, 0.1) is 6.34 Å². The van der Waals surface area contributed by atoms with Crippen molar-refractivity contribution < 1.29 is 13.2 Å². The molecule has 0 saturated carbocycles. The van der Waals surface area contributed by atoms with E-state index < -0.39 is 18.5 Å². The molecule has 1 aromatic heterocycles. The van der Waals surface area contributed by atoms with Gasteiger partial charge in [0.2, 0.25) is 5.79 Å². The normalized spacial score (nSPS) is 24.9. The largest absolute Gasteiger partial charge is 0.408 e. The van der Waals surface area contributed by atoms with Gasteiger partial charge in [0.15, 0.2) is 5.96 Å². The highest BCUT2D eigenvalue weighted by Gasteiger charge is 2.31. The Morgan fingerprint density at radius 3 is 2.63 bits per heavy atom. The van der Waals surface area contributed by atoms with E-state index in [0.717, 1.165) is 0 Å². The molecular weight excluding hydrogens is 261 g/mol. The molecule has 2 heterocycles. The Bertz CT molecular complexity index is 498. The van der Waals surface area contributed by atoms with E-state index in [2.05, 4.69) is 25.6 Å². The average Bonchev–Trinajstić information content (AvgIpc) is 2.37. The highest BCUT2D eigenvalue weighted by molar-refractivity contribution is 5.92. The molecule has 1 aliphatic rings. The van der Waals surface area contributed by atoms with Gasteiger partial charge in [-0.1, -0.05) is 0 Å². The fourth-order valence-electron chi connectivity index (χ4n) is 1.45. The maximum Gasteiger partial charge on any atom is 0.408 e. The Morgan fingerprint density at radius 1 is 1.32 bits per heavy atom. The summed E-state index contributed by atoms with van der Waals surface area (Å²) in [6, 6.07) is 3.22. The van der Waals surface area contributed by atoms with Crippen molar-refractivity contribution in [3.8, 4) is 0 Å². The SMILES string of the molecule is NC1(c2ccncc2)N=CNC(=NCC(F)(F)F)N1. The van der Waals surface area contributed by atoms with Crippen LogP contribution in [-0.2, 0) is 5.79 Å². The molecule has 4 N–H and O–H groups in total. The van der Waals surface area contributed by atoms with Crippen LogP contribution >= 0.6 is 0 Å². The minimum atomic E-state index is -4.38. The van der Waals surface area contributed by atoms with Gasteiger partial charge in [-0.05, 0) is 12.1 Å². The fraction of sp³-hybridized carbons (Fsp3) is 0.300. The van der Waals surface area contributed by atoms with Gasteiger partial charge in [-0.3, -0.25) is 10.7 Å². The van der Waals surface area contributed by atoms with E-state index >= 15 is 0 Å². The standard InChI is InChI=1S/C10H11F3N6/c11-9(12,13)5-16-8-17-6-18-10(14,19-8)7-1-3-15-4-2-7/h1-4,6H,5,14H2,(H2,16,17,18,19). The number of hydrogen-bond acceptors (Lipinski definition) is 4. The highest BCUT2D eigenvalue weighted by atomic mass is 19.4. The molecule has 6 nitrogen and oxygen atoms in total. The zero-order valence-electron chi connectivity index (χ0n) is 9.65. The number of aromatic nitrogens is 1. The predicted octanol–water partition coefficient (Wildman–Crippen LogP) is 0.290. The number of nitrogens with one attached hydrogen (secondary N) is 2. The van der Waals surface area contributed by atoms with Gasteiger partial charge in [-0.2, -0.15) is 13.2 Å². The van der Waals surface area contributed by atoms with Crippen LogP contribution in [0.3, 0.4) is 0 Å². The first kappa shape index (κ1) is 13.3. The zero-order chi connectivity index (χ0) is 13.9. The first-order chi connectivity index (χ1) is 8.89. The van der Waals surface area contributed by atoms with Crippen molar-refractivity contribution in [2.45, 2.75) is 12.0 Å². The highest BCUT2D eigenvalue weighted by Crippen LogP contribution is 2.18. The van der Waals surface area contributed by atoms with Gasteiger partial charge >= 0.3 is 6.18 Å². The van der Waals surface area contributed by atoms with Crippen molar-refractivity contribution in [3.63, 3.8) is 0 Å². The quantitative estimate of drug-likeness (QED) is 0.722. The molecular formula is C10H11F3N6. The topological polar surface area (TPSA) is 87.7 Å². The Kier molecular flexibility index (Phi) is 3.38. The third kappa shape index (κ3) is 3.41. The third-order valence-corrected chi connectivity index (χ3v) is 2.32. The van der Waals surface area contributed by atoms with Gasteiger partial charge in [0.1, 0.15) is 6.54 Å². The lowest BCUT2D eigenvalue weighted by molar-refractivity contribution is -0.118. The van der Waals surface area contributed by atoms with Crippen LogP contribution in [0, 0.1) is 0 Å². The van der Waals surface area contributed by atoms with E-state index in [-0.39, 0.29) is 5.96 Å². The zero-order valence-corrected chi connectivity index (χ0v) is 9.65. The van der Waals surface area contributed by atoms with Crippen LogP contribution in [0.1, 0.15) is 5.56 Å². The number of aliphatic imine (C=N–C) groups is 2. The summed E-state index contributed by atoms with van der Waals surface area (Å²) < 4.78 is 36.3. The summed E-state index contributed by atoms with van der Waals surface area (Å²) in [4.78, 5) is 11.2.